The predicted molar refractivity (Wildman–Crippen MR) is 99.2 cm³/mol. The molecule has 0 radical (unpaired) electrons. The molecule has 0 amide bonds. The fourth-order valence-electron chi connectivity index (χ4n) is 2.53. The van der Waals surface area contributed by atoms with E-state index in [1.807, 2.05) is 41.1 Å². The number of fused-ring (bicyclic) bond motifs is 1. The van der Waals surface area contributed by atoms with Crippen molar-refractivity contribution in [1.29, 1.82) is 0 Å². The lowest BCUT2D eigenvalue weighted by Gasteiger charge is -2.11. The number of nitrogens with zero attached hydrogens (tertiary/aromatic N) is 2. The molecule has 2 N–H and O–H groups in total. The molecule has 0 atom stereocenters. The molecule has 0 spiro atoms. The van der Waals surface area contributed by atoms with E-state index in [0.717, 1.165) is 28.4 Å². The van der Waals surface area contributed by atoms with Crippen molar-refractivity contribution in [1.82, 2.24) is 14.9 Å². The molecule has 7 heteroatoms. The van der Waals surface area contributed by atoms with Gasteiger partial charge in [0.1, 0.15) is 0 Å². The minimum absolute atomic E-state index is 0.260. The minimum atomic E-state index is 0.260. The van der Waals surface area contributed by atoms with E-state index in [-0.39, 0.29) is 6.79 Å². The molecule has 0 aliphatic carbocycles. The Labute approximate surface area is 150 Å². The van der Waals surface area contributed by atoms with E-state index in [2.05, 4.69) is 27.8 Å². The van der Waals surface area contributed by atoms with Crippen LogP contribution in [0.1, 0.15) is 5.56 Å². The molecule has 0 fully saturated rings. The van der Waals surface area contributed by atoms with Gasteiger partial charge in [0, 0.05) is 36.4 Å². The lowest BCUT2D eigenvalue weighted by molar-refractivity contribution is 0.174. The van der Waals surface area contributed by atoms with Gasteiger partial charge in [-0.05, 0) is 42.0 Å². The summed E-state index contributed by atoms with van der Waals surface area (Å²) in [6.07, 6.45) is 5.45. The van der Waals surface area contributed by atoms with Gasteiger partial charge in [-0.25, -0.2) is 4.98 Å². The van der Waals surface area contributed by atoms with Crippen LogP contribution < -0.4 is 20.1 Å². The van der Waals surface area contributed by atoms with Crippen LogP contribution in [-0.2, 0) is 6.54 Å². The molecule has 25 heavy (non-hydrogen) atoms. The molecular formula is C18H16N4O2S. The fourth-order valence-corrected chi connectivity index (χ4v) is 2.72. The van der Waals surface area contributed by atoms with Crippen LogP contribution in [-0.4, -0.2) is 21.5 Å². The van der Waals surface area contributed by atoms with Crippen molar-refractivity contribution >= 4 is 23.0 Å². The van der Waals surface area contributed by atoms with Crippen LogP contribution in [0.15, 0.2) is 61.2 Å². The van der Waals surface area contributed by atoms with Gasteiger partial charge in [0.15, 0.2) is 16.6 Å². The summed E-state index contributed by atoms with van der Waals surface area (Å²) in [5.74, 6) is 1.48. The summed E-state index contributed by atoms with van der Waals surface area (Å²) in [7, 11) is 0. The first-order chi connectivity index (χ1) is 12.3. The smallest absolute Gasteiger partial charge is 0.231 e. The molecule has 6 nitrogen and oxygen atoms in total. The van der Waals surface area contributed by atoms with Gasteiger partial charge in [-0.2, -0.15) is 0 Å². The molecule has 126 valence electrons. The van der Waals surface area contributed by atoms with E-state index in [0.29, 0.717) is 11.7 Å². The summed E-state index contributed by atoms with van der Waals surface area (Å²) in [4.78, 5) is 4.05. The zero-order chi connectivity index (χ0) is 17.1. The minimum Gasteiger partial charge on any atom is -0.454 e. The van der Waals surface area contributed by atoms with Crippen LogP contribution in [0.4, 0.5) is 5.69 Å². The van der Waals surface area contributed by atoms with Crippen LogP contribution >= 0.6 is 12.2 Å². The summed E-state index contributed by atoms with van der Waals surface area (Å²) in [5, 5.41) is 6.90. The van der Waals surface area contributed by atoms with Gasteiger partial charge in [-0.15, -0.1) is 0 Å². The summed E-state index contributed by atoms with van der Waals surface area (Å²) in [6, 6.07) is 13.9. The number of ether oxygens (including phenoxy) is 2. The van der Waals surface area contributed by atoms with Gasteiger partial charge in [-0.1, -0.05) is 12.1 Å². The van der Waals surface area contributed by atoms with Gasteiger partial charge in [-0.3, -0.25) is 0 Å². The standard InChI is InChI=1S/C18H16N4O2S/c25-18(21-14-3-6-16-17(9-14)24-12-23-16)20-10-13-1-4-15(5-2-13)22-8-7-19-11-22/h1-9,11H,10,12H2,(H2,20,21,25). The Balaban J connectivity index is 1.32. The highest BCUT2D eigenvalue weighted by atomic mass is 32.1. The number of rotatable bonds is 4. The number of benzene rings is 2. The molecule has 0 saturated carbocycles. The maximum absolute atomic E-state index is 5.36. The number of aromatic nitrogens is 2. The molecular weight excluding hydrogens is 336 g/mol. The summed E-state index contributed by atoms with van der Waals surface area (Å²) >= 11 is 5.35. The first-order valence-electron chi connectivity index (χ1n) is 7.80. The van der Waals surface area contributed by atoms with E-state index in [1.165, 1.54) is 0 Å². The van der Waals surface area contributed by atoms with E-state index in [9.17, 15) is 0 Å². The summed E-state index contributed by atoms with van der Waals surface area (Å²) in [6.45, 7) is 0.900. The van der Waals surface area contributed by atoms with Crippen molar-refractivity contribution in [3.8, 4) is 17.2 Å². The third-order valence-electron chi connectivity index (χ3n) is 3.82. The van der Waals surface area contributed by atoms with Crippen molar-refractivity contribution in [2.75, 3.05) is 12.1 Å². The maximum Gasteiger partial charge on any atom is 0.231 e. The Bertz CT molecular complexity index is 879. The molecule has 2 aromatic carbocycles. The second-order valence-corrected chi connectivity index (χ2v) is 5.92. The number of hydrogen-bond acceptors (Lipinski definition) is 4. The average molecular weight is 352 g/mol. The van der Waals surface area contributed by atoms with E-state index >= 15 is 0 Å². The highest BCUT2D eigenvalue weighted by Gasteiger charge is 2.13. The van der Waals surface area contributed by atoms with E-state index in [1.54, 1.807) is 12.5 Å². The summed E-state index contributed by atoms with van der Waals surface area (Å²) in [5.41, 5.74) is 3.07. The number of thiocarbonyl (C=S) groups is 1. The zero-order valence-corrected chi connectivity index (χ0v) is 14.1. The molecule has 2 heterocycles. The van der Waals surface area contributed by atoms with E-state index in [4.69, 9.17) is 21.7 Å². The molecule has 0 bridgehead atoms. The van der Waals surface area contributed by atoms with Gasteiger partial charge in [0.25, 0.3) is 0 Å². The Morgan fingerprint density at radius 2 is 1.96 bits per heavy atom. The van der Waals surface area contributed by atoms with Crippen LogP contribution in [0.5, 0.6) is 11.5 Å². The van der Waals surface area contributed by atoms with Gasteiger partial charge < -0.3 is 24.7 Å². The quantitative estimate of drug-likeness (QED) is 0.704. The SMILES string of the molecule is S=C(NCc1ccc(-n2ccnc2)cc1)Nc1ccc2c(c1)OCO2. The van der Waals surface area contributed by atoms with Crippen molar-refractivity contribution in [3.05, 3.63) is 66.7 Å². The first kappa shape index (κ1) is 15.5. The second kappa shape index (κ2) is 6.82. The zero-order valence-electron chi connectivity index (χ0n) is 13.3. The van der Waals surface area contributed by atoms with E-state index < -0.39 is 0 Å². The predicted octanol–water partition coefficient (Wildman–Crippen LogP) is 3.09. The third-order valence-corrected chi connectivity index (χ3v) is 4.07. The molecule has 1 aliphatic heterocycles. The van der Waals surface area contributed by atoms with Crippen molar-refractivity contribution in [2.45, 2.75) is 6.54 Å². The Morgan fingerprint density at radius 1 is 1.12 bits per heavy atom. The van der Waals surface area contributed by atoms with Crippen molar-refractivity contribution in [2.24, 2.45) is 0 Å². The Morgan fingerprint density at radius 3 is 2.76 bits per heavy atom. The van der Waals surface area contributed by atoms with Gasteiger partial charge in [0.05, 0.1) is 6.33 Å². The normalized spacial score (nSPS) is 12.0. The average Bonchev–Trinajstić information content (AvgIpc) is 3.32. The number of imidazole rings is 1. The molecule has 4 rings (SSSR count). The van der Waals surface area contributed by atoms with Gasteiger partial charge in [0.2, 0.25) is 6.79 Å². The molecule has 1 aromatic heterocycles. The largest absolute Gasteiger partial charge is 0.454 e. The third kappa shape index (κ3) is 3.56. The fraction of sp³-hybridized carbons (Fsp3) is 0.111. The first-order valence-corrected chi connectivity index (χ1v) is 8.20. The van der Waals surface area contributed by atoms with Crippen molar-refractivity contribution < 1.29 is 9.47 Å². The lowest BCUT2D eigenvalue weighted by atomic mass is 10.2. The Kier molecular flexibility index (Phi) is 4.22. The molecule has 3 aromatic rings. The molecule has 0 unspecified atom stereocenters. The Hall–Kier alpha value is -3.06. The maximum atomic E-state index is 5.36. The van der Waals surface area contributed by atoms with Crippen LogP contribution in [0.3, 0.4) is 0 Å². The van der Waals surface area contributed by atoms with Crippen LogP contribution in [0.2, 0.25) is 0 Å². The highest BCUT2D eigenvalue weighted by Crippen LogP contribution is 2.34. The highest BCUT2D eigenvalue weighted by molar-refractivity contribution is 7.80. The lowest BCUT2D eigenvalue weighted by Crippen LogP contribution is -2.27. The van der Waals surface area contributed by atoms with Crippen LogP contribution in [0, 0.1) is 0 Å². The monoisotopic (exact) mass is 352 g/mol. The van der Waals surface area contributed by atoms with Crippen molar-refractivity contribution in [3.63, 3.8) is 0 Å². The van der Waals surface area contributed by atoms with Crippen LogP contribution in [0.25, 0.3) is 5.69 Å². The number of anilines is 1. The number of nitrogens with one attached hydrogen (secondary N) is 2. The molecule has 1 aliphatic rings. The topological polar surface area (TPSA) is 60.3 Å². The number of hydrogen-bond donors (Lipinski definition) is 2. The molecule has 0 saturated heterocycles. The van der Waals surface area contributed by atoms with Gasteiger partial charge >= 0.3 is 0 Å². The summed E-state index contributed by atoms with van der Waals surface area (Å²) < 4.78 is 12.6. The second-order valence-electron chi connectivity index (χ2n) is 5.51.